The number of aromatic nitrogens is 3. The molecule has 0 saturated heterocycles. The predicted octanol–water partition coefficient (Wildman–Crippen LogP) is 5.10. The summed E-state index contributed by atoms with van der Waals surface area (Å²) in [5.41, 5.74) is 3.69. The molecular weight excluding hydrogens is 513 g/mol. The van der Waals surface area contributed by atoms with Crippen LogP contribution in [0.3, 0.4) is 0 Å². The zero-order chi connectivity index (χ0) is 27.6. The van der Waals surface area contributed by atoms with Crippen LogP contribution in [0, 0.1) is 11.3 Å². The molecule has 0 bridgehead atoms. The molecule has 0 atom stereocenters. The molecule has 5 aromatic rings. The van der Waals surface area contributed by atoms with Crippen molar-refractivity contribution in [2.45, 2.75) is 12.7 Å². The standard InChI is InChI=1S/C27H17F3N6O3/c28-27(29,30)20-7-4-16(5-8-20)26-33-24(35-39-26)15-36-11-10-21-18(2-1-3-22(21)36)14-32-34-25(38)17-6-9-23(37)19(12-17)13-31/h1-12,14,37H,15H2,(H,34,38). The number of benzene rings is 3. The zero-order valence-corrected chi connectivity index (χ0v) is 19.8. The smallest absolute Gasteiger partial charge is 0.416 e. The molecule has 9 nitrogen and oxygen atoms in total. The van der Waals surface area contributed by atoms with Gasteiger partial charge in [0.2, 0.25) is 0 Å². The van der Waals surface area contributed by atoms with Crippen molar-refractivity contribution in [3.63, 3.8) is 0 Å². The van der Waals surface area contributed by atoms with Crippen LogP contribution in [-0.2, 0) is 12.7 Å². The SMILES string of the molecule is N#Cc1cc(C(=O)NN=Cc2cccc3c2ccn3Cc2noc(-c3ccc(C(F)(F)F)cc3)n2)ccc1O. The molecule has 0 fully saturated rings. The highest BCUT2D eigenvalue weighted by atomic mass is 19.4. The van der Waals surface area contributed by atoms with Crippen molar-refractivity contribution < 1.29 is 27.6 Å². The minimum atomic E-state index is -4.43. The first-order valence-electron chi connectivity index (χ1n) is 11.4. The maximum absolute atomic E-state index is 12.8. The van der Waals surface area contributed by atoms with Crippen molar-refractivity contribution in [3.8, 4) is 23.3 Å². The van der Waals surface area contributed by atoms with Crippen molar-refractivity contribution in [1.82, 2.24) is 20.1 Å². The number of rotatable bonds is 6. The quantitative estimate of drug-likeness (QED) is 0.232. The summed E-state index contributed by atoms with van der Waals surface area (Å²) >= 11 is 0. The van der Waals surface area contributed by atoms with Crippen molar-refractivity contribution in [2.24, 2.45) is 5.10 Å². The highest BCUT2D eigenvalue weighted by Gasteiger charge is 2.30. The number of aromatic hydroxyl groups is 1. The van der Waals surface area contributed by atoms with Crippen LogP contribution in [0.5, 0.6) is 5.75 Å². The molecule has 5 rings (SSSR count). The molecule has 3 aromatic carbocycles. The third kappa shape index (κ3) is 5.33. The Bertz CT molecular complexity index is 1750. The molecule has 2 heterocycles. The number of fused-ring (bicyclic) bond motifs is 1. The lowest BCUT2D eigenvalue weighted by atomic mass is 10.1. The second-order valence-electron chi connectivity index (χ2n) is 8.36. The van der Waals surface area contributed by atoms with Crippen LogP contribution in [0.4, 0.5) is 13.2 Å². The number of hydrogen-bond donors (Lipinski definition) is 2. The summed E-state index contributed by atoms with van der Waals surface area (Å²) < 4.78 is 45.5. The lowest BCUT2D eigenvalue weighted by Gasteiger charge is -2.05. The largest absolute Gasteiger partial charge is 0.507 e. The van der Waals surface area contributed by atoms with Gasteiger partial charge in [0.1, 0.15) is 11.8 Å². The van der Waals surface area contributed by atoms with Crippen LogP contribution in [-0.4, -0.2) is 31.9 Å². The number of alkyl halides is 3. The first kappa shape index (κ1) is 25.2. The molecule has 0 saturated carbocycles. The van der Waals surface area contributed by atoms with Gasteiger partial charge in [-0.2, -0.15) is 28.5 Å². The highest BCUT2D eigenvalue weighted by molar-refractivity contribution is 6.00. The Morgan fingerprint density at radius 1 is 1.15 bits per heavy atom. The summed E-state index contributed by atoms with van der Waals surface area (Å²) in [6.07, 6.45) is -1.14. The molecule has 2 N–H and O–H groups in total. The maximum Gasteiger partial charge on any atom is 0.416 e. The third-order valence-electron chi connectivity index (χ3n) is 5.84. The van der Waals surface area contributed by atoms with E-state index in [4.69, 9.17) is 9.78 Å². The van der Waals surface area contributed by atoms with Crippen LogP contribution < -0.4 is 5.43 Å². The summed E-state index contributed by atoms with van der Waals surface area (Å²) in [7, 11) is 0. The number of halogens is 3. The average molecular weight is 530 g/mol. The molecule has 0 aliphatic carbocycles. The fraction of sp³-hybridized carbons (Fsp3) is 0.0741. The summed E-state index contributed by atoms with van der Waals surface area (Å²) in [6, 6.07) is 17.5. The van der Waals surface area contributed by atoms with Gasteiger partial charge in [0.15, 0.2) is 5.82 Å². The number of phenolic OH excluding ortho intramolecular Hbond substituents is 1. The van der Waals surface area contributed by atoms with Crippen LogP contribution in [0.2, 0.25) is 0 Å². The van der Waals surface area contributed by atoms with Crippen molar-refractivity contribution in [2.75, 3.05) is 0 Å². The van der Waals surface area contributed by atoms with E-state index < -0.39 is 17.6 Å². The van der Waals surface area contributed by atoms with Gasteiger partial charge in [-0.15, -0.1) is 0 Å². The van der Waals surface area contributed by atoms with E-state index in [2.05, 4.69) is 20.7 Å². The van der Waals surface area contributed by atoms with Gasteiger partial charge in [-0.3, -0.25) is 4.79 Å². The van der Waals surface area contributed by atoms with E-state index in [-0.39, 0.29) is 29.3 Å². The molecule has 12 heteroatoms. The lowest BCUT2D eigenvalue weighted by molar-refractivity contribution is -0.137. The van der Waals surface area contributed by atoms with Gasteiger partial charge in [-0.25, -0.2) is 5.43 Å². The van der Waals surface area contributed by atoms with Gasteiger partial charge in [0.25, 0.3) is 11.8 Å². The molecule has 39 heavy (non-hydrogen) atoms. The Kier molecular flexibility index (Phi) is 6.56. The van der Waals surface area contributed by atoms with E-state index in [0.717, 1.165) is 23.0 Å². The number of hydrazone groups is 1. The van der Waals surface area contributed by atoms with Crippen LogP contribution in [0.25, 0.3) is 22.4 Å². The monoisotopic (exact) mass is 530 g/mol. The Morgan fingerprint density at radius 3 is 2.69 bits per heavy atom. The van der Waals surface area contributed by atoms with Crippen LogP contribution in [0.15, 0.2) is 82.6 Å². The topological polar surface area (TPSA) is 129 Å². The molecule has 1 amide bonds. The molecule has 0 radical (unpaired) electrons. The van der Waals surface area contributed by atoms with Gasteiger partial charge in [-0.05, 0) is 54.6 Å². The summed E-state index contributed by atoms with van der Waals surface area (Å²) in [5, 5.41) is 27.4. The molecule has 2 aromatic heterocycles. The van der Waals surface area contributed by atoms with Gasteiger partial charge in [0, 0.05) is 33.8 Å². The van der Waals surface area contributed by atoms with Crippen molar-refractivity contribution in [1.29, 1.82) is 5.26 Å². The fourth-order valence-electron chi connectivity index (χ4n) is 3.88. The normalized spacial score (nSPS) is 11.6. The molecule has 0 aliphatic rings. The van der Waals surface area contributed by atoms with E-state index in [1.54, 1.807) is 6.07 Å². The van der Waals surface area contributed by atoms with Crippen molar-refractivity contribution in [3.05, 3.63) is 101 Å². The number of hydrogen-bond acceptors (Lipinski definition) is 7. The third-order valence-corrected chi connectivity index (χ3v) is 5.84. The second kappa shape index (κ2) is 10.1. The minimum absolute atomic E-state index is 0.0224. The van der Waals surface area contributed by atoms with Gasteiger partial charge < -0.3 is 14.2 Å². The maximum atomic E-state index is 12.8. The first-order valence-corrected chi connectivity index (χ1v) is 11.4. The molecule has 0 unspecified atom stereocenters. The minimum Gasteiger partial charge on any atom is -0.507 e. The number of phenols is 1. The molecule has 194 valence electrons. The Labute approximate surface area is 218 Å². The first-order chi connectivity index (χ1) is 18.7. The predicted molar refractivity (Wildman–Crippen MR) is 134 cm³/mol. The summed E-state index contributed by atoms with van der Waals surface area (Å²) in [5.74, 6) is -0.326. The van der Waals surface area contributed by atoms with E-state index in [0.29, 0.717) is 17.0 Å². The van der Waals surface area contributed by atoms with E-state index in [1.165, 1.54) is 36.5 Å². The second-order valence-corrected chi connectivity index (χ2v) is 8.36. The van der Waals surface area contributed by atoms with Gasteiger partial charge >= 0.3 is 6.18 Å². The zero-order valence-electron chi connectivity index (χ0n) is 19.8. The number of nitriles is 1. The summed E-state index contributed by atoms with van der Waals surface area (Å²) in [4.78, 5) is 16.7. The van der Waals surface area contributed by atoms with Crippen LogP contribution >= 0.6 is 0 Å². The van der Waals surface area contributed by atoms with Crippen molar-refractivity contribution >= 4 is 23.0 Å². The van der Waals surface area contributed by atoms with E-state index >= 15 is 0 Å². The Balaban J connectivity index is 1.30. The van der Waals surface area contributed by atoms with E-state index in [9.17, 15) is 23.1 Å². The number of nitrogens with one attached hydrogen (secondary N) is 1. The number of carbonyl (C=O) groups is 1. The number of amides is 1. The number of nitrogens with zero attached hydrogens (tertiary/aromatic N) is 5. The molecular formula is C27H17F3N6O3. The van der Waals surface area contributed by atoms with Crippen LogP contribution in [0.1, 0.15) is 32.9 Å². The fourth-order valence-corrected chi connectivity index (χ4v) is 3.88. The Hall–Kier alpha value is -5.44. The highest BCUT2D eigenvalue weighted by Crippen LogP contribution is 2.30. The van der Waals surface area contributed by atoms with Gasteiger partial charge in [0.05, 0.1) is 23.9 Å². The lowest BCUT2D eigenvalue weighted by Crippen LogP contribution is -2.17. The average Bonchev–Trinajstić information content (AvgIpc) is 3.56. The number of carbonyl (C=O) groups excluding carboxylic acids is 1. The molecule has 0 spiro atoms. The molecule has 0 aliphatic heterocycles. The summed E-state index contributed by atoms with van der Waals surface area (Å²) in [6.45, 7) is 0.243. The Morgan fingerprint density at radius 2 is 1.95 bits per heavy atom. The van der Waals surface area contributed by atoms with E-state index in [1.807, 2.05) is 35.0 Å². The van der Waals surface area contributed by atoms with Gasteiger partial charge in [-0.1, -0.05) is 17.3 Å².